The summed E-state index contributed by atoms with van der Waals surface area (Å²) >= 11 is 0. The molecule has 4 heteroatoms. The molecule has 0 spiro atoms. The molecule has 0 atom stereocenters. The largest absolute Gasteiger partial charge is 0.381 e. The quantitative estimate of drug-likeness (QED) is 0.227. The van der Waals surface area contributed by atoms with Crippen molar-refractivity contribution in [2.45, 2.75) is 38.3 Å². The van der Waals surface area contributed by atoms with Crippen LogP contribution in [-0.4, -0.2) is 10.5 Å². The second-order valence-corrected chi connectivity index (χ2v) is 10.2. The lowest BCUT2D eigenvalue weighted by molar-refractivity contribution is -0.119. The summed E-state index contributed by atoms with van der Waals surface area (Å²) < 4.78 is 2.38. The number of para-hydroxylation sites is 1. The van der Waals surface area contributed by atoms with Crippen molar-refractivity contribution >= 4 is 28.2 Å². The number of hydrogen-bond acceptors (Lipinski definition) is 2. The first kappa shape index (κ1) is 24.1. The van der Waals surface area contributed by atoms with E-state index in [1.54, 1.807) is 0 Å². The fourth-order valence-electron chi connectivity index (χ4n) is 5.73. The van der Waals surface area contributed by atoms with E-state index in [4.69, 9.17) is 0 Å². The van der Waals surface area contributed by atoms with Crippen molar-refractivity contribution in [2.24, 2.45) is 5.92 Å². The van der Waals surface area contributed by atoms with Crippen LogP contribution in [0.3, 0.4) is 0 Å². The number of anilines is 2. The SMILES string of the molecule is O=C(Nc1ccc2c(c1)c(CNc1ccccc1)cn2C(c1ccccc1)c1ccccc1)C1CCCC1. The lowest BCUT2D eigenvalue weighted by Crippen LogP contribution is -2.20. The molecule has 190 valence electrons. The molecule has 38 heavy (non-hydrogen) atoms. The fourth-order valence-corrected chi connectivity index (χ4v) is 5.73. The number of carbonyl (C=O) groups is 1. The molecular formula is C34H33N3O. The maximum atomic E-state index is 12.9. The normalized spacial score (nSPS) is 13.7. The van der Waals surface area contributed by atoms with Crippen molar-refractivity contribution in [3.63, 3.8) is 0 Å². The third-order valence-electron chi connectivity index (χ3n) is 7.67. The summed E-state index contributed by atoms with van der Waals surface area (Å²) in [7, 11) is 0. The predicted molar refractivity (Wildman–Crippen MR) is 156 cm³/mol. The maximum Gasteiger partial charge on any atom is 0.227 e. The van der Waals surface area contributed by atoms with Crippen LogP contribution in [0.5, 0.6) is 0 Å². The number of rotatable bonds is 8. The molecule has 6 rings (SSSR count). The van der Waals surface area contributed by atoms with E-state index in [0.29, 0.717) is 6.54 Å². The molecule has 0 radical (unpaired) electrons. The molecule has 1 aliphatic carbocycles. The molecule has 1 aliphatic rings. The van der Waals surface area contributed by atoms with Crippen LogP contribution < -0.4 is 10.6 Å². The van der Waals surface area contributed by atoms with Gasteiger partial charge in [0.25, 0.3) is 0 Å². The molecule has 5 aromatic rings. The van der Waals surface area contributed by atoms with Gasteiger partial charge in [0.1, 0.15) is 0 Å². The summed E-state index contributed by atoms with van der Waals surface area (Å²) in [5.74, 6) is 0.284. The van der Waals surface area contributed by atoms with E-state index >= 15 is 0 Å². The lowest BCUT2D eigenvalue weighted by Gasteiger charge is -2.22. The molecule has 4 aromatic carbocycles. The monoisotopic (exact) mass is 499 g/mol. The summed E-state index contributed by atoms with van der Waals surface area (Å²) in [5, 5.41) is 7.95. The second kappa shape index (κ2) is 11.0. The number of carbonyl (C=O) groups excluding carboxylic acids is 1. The highest BCUT2D eigenvalue weighted by Crippen LogP contribution is 2.35. The zero-order valence-corrected chi connectivity index (χ0v) is 21.5. The second-order valence-electron chi connectivity index (χ2n) is 10.2. The number of fused-ring (bicyclic) bond motifs is 1. The molecular weight excluding hydrogens is 466 g/mol. The van der Waals surface area contributed by atoms with E-state index in [9.17, 15) is 4.79 Å². The van der Waals surface area contributed by atoms with E-state index in [-0.39, 0.29) is 17.9 Å². The number of nitrogens with zero attached hydrogens (tertiary/aromatic N) is 1. The van der Waals surface area contributed by atoms with E-state index in [1.165, 1.54) is 16.7 Å². The van der Waals surface area contributed by atoms with E-state index in [2.05, 4.69) is 106 Å². The number of amides is 1. The molecule has 1 fully saturated rings. The summed E-state index contributed by atoms with van der Waals surface area (Å²) in [6, 6.07) is 38.0. The molecule has 2 N–H and O–H groups in total. The van der Waals surface area contributed by atoms with E-state index in [0.717, 1.165) is 48.0 Å². The van der Waals surface area contributed by atoms with Gasteiger partial charge in [-0.2, -0.15) is 0 Å². The molecule has 0 bridgehead atoms. The van der Waals surface area contributed by atoms with Gasteiger partial charge in [-0.25, -0.2) is 0 Å². The minimum atomic E-state index is 0.0318. The van der Waals surface area contributed by atoms with Gasteiger partial charge in [-0.05, 0) is 59.9 Å². The van der Waals surface area contributed by atoms with Crippen molar-refractivity contribution in [3.05, 3.63) is 132 Å². The van der Waals surface area contributed by atoms with Crippen LogP contribution >= 0.6 is 0 Å². The van der Waals surface area contributed by atoms with Gasteiger partial charge in [0, 0.05) is 40.9 Å². The van der Waals surface area contributed by atoms with Gasteiger partial charge in [-0.15, -0.1) is 0 Å². The smallest absolute Gasteiger partial charge is 0.227 e. The molecule has 1 aromatic heterocycles. The summed E-state index contributed by atoms with van der Waals surface area (Å²) in [4.78, 5) is 12.9. The van der Waals surface area contributed by atoms with Gasteiger partial charge in [0.05, 0.1) is 6.04 Å². The van der Waals surface area contributed by atoms with Crippen molar-refractivity contribution in [3.8, 4) is 0 Å². The third-order valence-corrected chi connectivity index (χ3v) is 7.67. The molecule has 0 unspecified atom stereocenters. The number of hydrogen-bond donors (Lipinski definition) is 2. The highest BCUT2D eigenvalue weighted by molar-refractivity contribution is 5.96. The third kappa shape index (κ3) is 5.08. The Bertz CT molecular complexity index is 1460. The summed E-state index contributed by atoms with van der Waals surface area (Å²) in [6.45, 7) is 0.684. The van der Waals surface area contributed by atoms with Crippen molar-refractivity contribution < 1.29 is 4.79 Å². The molecule has 4 nitrogen and oxygen atoms in total. The fraction of sp³-hybridized carbons (Fsp3) is 0.206. The van der Waals surface area contributed by atoms with E-state index < -0.39 is 0 Å². The Morgan fingerprint density at radius 1 is 0.763 bits per heavy atom. The Morgan fingerprint density at radius 2 is 1.37 bits per heavy atom. The Balaban J connectivity index is 1.43. The molecule has 0 saturated heterocycles. The zero-order chi connectivity index (χ0) is 25.7. The van der Waals surface area contributed by atoms with Crippen molar-refractivity contribution in [2.75, 3.05) is 10.6 Å². The summed E-state index contributed by atoms with van der Waals surface area (Å²) in [6.07, 6.45) is 6.55. The van der Waals surface area contributed by atoms with Crippen LogP contribution in [0, 0.1) is 5.92 Å². The number of nitrogens with one attached hydrogen (secondary N) is 2. The van der Waals surface area contributed by atoms with Crippen LogP contribution in [0.2, 0.25) is 0 Å². The zero-order valence-electron chi connectivity index (χ0n) is 21.5. The Labute approximate surface area is 224 Å². The molecule has 1 amide bonds. The topological polar surface area (TPSA) is 46.1 Å². The predicted octanol–water partition coefficient (Wildman–Crippen LogP) is 8.02. The van der Waals surface area contributed by atoms with Crippen LogP contribution in [0.25, 0.3) is 10.9 Å². The van der Waals surface area contributed by atoms with Crippen LogP contribution in [0.4, 0.5) is 11.4 Å². The number of aromatic nitrogens is 1. The Morgan fingerprint density at radius 3 is 2.00 bits per heavy atom. The average Bonchev–Trinajstić information content (AvgIpc) is 3.63. The molecule has 0 aliphatic heterocycles. The van der Waals surface area contributed by atoms with Gasteiger partial charge in [0.15, 0.2) is 0 Å². The van der Waals surface area contributed by atoms with Gasteiger partial charge in [-0.3, -0.25) is 4.79 Å². The first-order chi connectivity index (χ1) is 18.8. The standard InChI is InChI=1S/C34H33N3O/c38-34(27-16-10-11-17-27)36-30-20-21-32-31(22-30)28(23-35-29-18-8-3-9-19-29)24-37(32)33(25-12-4-1-5-13-25)26-14-6-2-7-15-26/h1-9,12-15,18-22,24,27,33,35H,10-11,16-17,23H2,(H,36,38). The summed E-state index contributed by atoms with van der Waals surface area (Å²) in [5.41, 5.74) is 6.75. The highest BCUT2D eigenvalue weighted by Gasteiger charge is 2.24. The Kier molecular flexibility index (Phi) is 6.95. The lowest BCUT2D eigenvalue weighted by atomic mass is 9.98. The molecule has 1 heterocycles. The Hall–Kier alpha value is -4.31. The van der Waals surface area contributed by atoms with Gasteiger partial charge < -0.3 is 15.2 Å². The van der Waals surface area contributed by atoms with Crippen molar-refractivity contribution in [1.29, 1.82) is 0 Å². The molecule has 1 saturated carbocycles. The van der Waals surface area contributed by atoms with Crippen LogP contribution in [0.1, 0.15) is 48.4 Å². The minimum absolute atomic E-state index is 0.0318. The van der Waals surface area contributed by atoms with E-state index in [1.807, 2.05) is 24.3 Å². The first-order valence-corrected chi connectivity index (χ1v) is 13.6. The first-order valence-electron chi connectivity index (χ1n) is 13.6. The van der Waals surface area contributed by atoms with Gasteiger partial charge in [-0.1, -0.05) is 91.7 Å². The average molecular weight is 500 g/mol. The van der Waals surface area contributed by atoms with Gasteiger partial charge >= 0.3 is 0 Å². The van der Waals surface area contributed by atoms with Crippen LogP contribution in [-0.2, 0) is 11.3 Å². The van der Waals surface area contributed by atoms with Gasteiger partial charge in [0.2, 0.25) is 5.91 Å². The minimum Gasteiger partial charge on any atom is -0.381 e. The highest BCUT2D eigenvalue weighted by atomic mass is 16.1. The van der Waals surface area contributed by atoms with Crippen LogP contribution in [0.15, 0.2) is 115 Å². The maximum absolute atomic E-state index is 12.9. The van der Waals surface area contributed by atoms with Crippen molar-refractivity contribution in [1.82, 2.24) is 4.57 Å². The number of benzene rings is 4.